The molecule has 38 heavy (non-hydrogen) atoms. The van der Waals surface area contributed by atoms with E-state index in [-0.39, 0.29) is 36.1 Å². The summed E-state index contributed by atoms with van der Waals surface area (Å²) in [6, 6.07) is 10.2. The Bertz CT molecular complexity index is 1410. The molecule has 0 aliphatic heterocycles. The number of ether oxygens (including phenoxy) is 3. The number of halogens is 1. The SMILES string of the molecule is COc1cc(/C=C2/C(C)=C(CC(=O)NCc3ccccn3)c3cc(F)cnc32)cc(OC)c1OCC(=O)O. The predicted octanol–water partition coefficient (Wildman–Crippen LogP) is 4.13. The molecule has 0 bridgehead atoms. The Hall–Kier alpha value is -4.73. The minimum absolute atomic E-state index is 0.0305. The highest BCUT2D eigenvalue weighted by Crippen LogP contribution is 2.44. The molecule has 4 rings (SSSR count). The number of nitrogens with one attached hydrogen (secondary N) is 1. The van der Waals surface area contributed by atoms with E-state index >= 15 is 0 Å². The molecule has 2 heterocycles. The molecule has 0 atom stereocenters. The van der Waals surface area contributed by atoms with E-state index in [4.69, 9.17) is 19.3 Å². The molecule has 0 saturated heterocycles. The van der Waals surface area contributed by atoms with Gasteiger partial charge in [-0.15, -0.1) is 0 Å². The van der Waals surface area contributed by atoms with Gasteiger partial charge >= 0.3 is 5.97 Å². The van der Waals surface area contributed by atoms with Gasteiger partial charge < -0.3 is 24.6 Å². The predicted molar refractivity (Wildman–Crippen MR) is 138 cm³/mol. The summed E-state index contributed by atoms with van der Waals surface area (Å²) < 4.78 is 30.4. The number of pyridine rings is 2. The van der Waals surface area contributed by atoms with Crippen molar-refractivity contribution in [2.75, 3.05) is 20.8 Å². The molecule has 196 valence electrons. The largest absolute Gasteiger partial charge is 0.493 e. The van der Waals surface area contributed by atoms with Crippen LogP contribution >= 0.6 is 0 Å². The Balaban J connectivity index is 1.68. The number of amides is 1. The van der Waals surface area contributed by atoms with Gasteiger partial charge in [0.05, 0.1) is 44.8 Å². The van der Waals surface area contributed by atoms with Gasteiger partial charge in [0.25, 0.3) is 0 Å². The van der Waals surface area contributed by atoms with Gasteiger partial charge in [-0.1, -0.05) is 6.07 Å². The van der Waals surface area contributed by atoms with Crippen LogP contribution < -0.4 is 19.5 Å². The van der Waals surface area contributed by atoms with E-state index in [1.165, 1.54) is 20.3 Å². The molecule has 3 aromatic rings. The molecule has 2 N–H and O–H groups in total. The van der Waals surface area contributed by atoms with Crippen LogP contribution in [0.1, 0.15) is 35.9 Å². The highest BCUT2D eigenvalue weighted by Gasteiger charge is 2.27. The summed E-state index contributed by atoms with van der Waals surface area (Å²) in [5.41, 5.74) is 4.60. The maximum atomic E-state index is 14.2. The van der Waals surface area contributed by atoms with E-state index in [1.54, 1.807) is 24.4 Å². The zero-order valence-corrected chi connectivity index (χ0v) is 21.1. The lowest BCUT2D eigenvalue weighted by atomic mass is 10.0. The van der Waals surface area contributed by atoms with Crippen molar-refractivity contribution in [1.29, 1.82) is 0 Å². The molecule has 10 heteroatoms. The van der Waals surface area contributed by atoms with E-state index in [1.807, 2.05) is 25.1 Å². The zero-order valence-electron chi connectivity index (χ0n) is 21.1. The third kappa shape index (κ3) is 5.80. The number of carboxylic acid groups (broad SMARTS) is 1. The first-order chi connectivity index (χ1) is 18.3. The second-order valence-corrected chi connectivity index (χ2v) is 8.42. The molecule has 0 unspecified atom stereocenters. The first-order valence-electron chi connectivity index (χ1n) is 11.7. The number of fused-ring (bicyclic) bond motifs is 1. The minimum Gasteiger partial charge on any atom is -0.493 e. The summed E-state index contributed by atoms with van der Waals surface area (Å²) in [4.78, 5) is 32.3. The number of allylic oxidation sites excluding steroid dienone is 2. The van der Waals surface area contributed by atoms with Crippen LogP contribution in [0.4, 0.5) is 4.39 Å². The summed E-state index contributed by atoms with van der Waals surface area (Å²) in [7, 11) is 2.86. The number of hydrogen-bond acceptors (Lipinski definition) is 7. The van der Waals surface area contributed by atoms with E-state index < -0.39 is 18.4 Å². The number of carboxylic acids is 1. The summed E-state index contributed by atoms with van der Waals surface area (Å²) in [6.07, 6.45) is 4.64. The normalized spacial score (nSPS) is 13.3. The molecule has 1 aliphatic carbocycles. The summed E-state index contributed by atoms with van der Waals surface area (Å²) in [5.74, 6) is -1.17. The molecule has 9 nitrogen and oxygen atoms in total. The number of rotatable bonds is 10. The third-order valence-corrected chi connectivity index (χ3v) is 5.96. The average Bonchev–Trinajstić information content (AvgIpc) is 3.16. The van der Waals surface area contributed by atoms with Gasteiger partial charge in [-0.2, -0.15) is 0 Å². The topological polar surface area (TPSA) is 120 Å². The molecule has 0 saturated carbocycles. The molecule has 0 radical (unpaired) electrons. The van der Waals surface area contributed by atoms with Crippen molar-refractivity contribution < 1.29 is 33.3 Å². The van der Waals surface area contributed by atoms with E-state index in [0.29, 0.717) is 28.0 Å². The van der Waals surface area contributed by atoms with Gasteiger partial charge in [0.2, 0.25) is 11.7 Å². The van der Waals surface area contributed by atoms with E-state index in [0.717, 1.165) is 17.5 Å². The van der Waals surface area contributed by atoms with Crippen molar-refractivity contribution in [1.82, 2.24) is 15.3 Å². The van der Waals surface area contributed by atoms with Crippen LogP contribution in [0.15, 0.2) is 54.4 Å². The fourth-order valence-electron chi connectivity index (χ4n) is 4.17. The maximum absolute atomic E-state index is 14.2. The Morgan fingerprint density at radius 1 is 1.11 bits per heavy atom. The standard InChI is InChI=1S/C28H26FN3O6/c1-16-20(12-25(33)31-14-19-6-4-5-7-30-19)22-11-18(29)13-32-27(22)21(16)8-17-9-23(36-2)28(24(10-17)37-3)38-15-26(34)35/h4-11,13H,12,14-15H2,1-3H3,(H,31,33)(H,34,35)/b21-8-. The van der Waals surface area contributed by atoms with Crippen molar-refractivity contribution in [3.63, 3.8) is 0 Å². The van der Waals surface area contributed by atoms with Crippen LogP contribution in [0.5, 0.6) is 17.2 Å². The van der Waals surface area contributed by atoms with Crippen molar-refractivity contribution >= 4 is 29.1 Å². The molecular weight excluding hydrogens is 493 g/mol. The number of aliphatic carboxylic acids is 1. The number of hydrogen-bond donors (Lipinski definition) is 2. The molecule has 1 aliphatic rings. The van der Waals surface area contributed by atoms with Gasteiger partial charge in [-0.3, -0.25) is 14.8 Å². The summed E-state index contributed by atoms with van der Waals surface area (Å²) in [5, 5.41) is 11.8. The second kappa shape index (κ2) is 11.5. The van der Waals surface area contributed by atoms with Crippen molar-refractivity contribution in [2.24, 2.45) is 0 Å². The molecule has 2 aromatic heterocycles. The Morgan fingerprint density at radius 2 is 1.84 bits per heavy atom. The van der Waals surface area contributed by atoms with Crippen LogP contribution in [0.3, 0.4) is 0 Å². The molecular formula is C28H26FN3O6. The highest BCUT2D eigenvalue weighted by molar-refractivity contribution is 6.07. The maximum Gasteiger partial charge on any atom is 0.341 e. The molecule has 1 amide bonds. The number of carbonyl (C=O) groups excluding carboxylic acids is 1. The fraction of sp³-hybridized carbons (Fsp3) is 0.214. The van der Waals surface area contributed by atoms with Crippen LogP contribution in [-0.4, -0.2) is 47.8 Å². The van der Waals surface area contributed by atoms with Gasteiger partial charge in [-0.05, 0) is 60.0 Å². The van der Waals surface area contributed by atoms with E-state index in [2.05, 4.69) is 15.3 Å². The lowest BCUT2D eigenvalue weighted by Crippen LogP contribution is -2.23. The Kier molecular flexibility index (Phi) is 8.00. The highest BCUT2D eigenvalue weighted by atomic mass is 19.1. The van der Waals surface area contributed by atoms with Gasteiger partial charge in [-0.25, -0.2) is 9.18 Å². The van der Waals surface area contributed by atoms with Gasteiger partial charge in [0, 0.05) is 17.3 Å². The fourth-order valence-corrected chi connectivity index (χ4v) is 4.17. The lowest BCUT2D eigenvalue weighted by molar-refractivity contribution is -0.139. The smallest absolute Gasteiger partial charge is 0.341 e. The molecule has 0 fully saturated rings. The second-order valence-electron chi connectivity index (χ2n) is 8.42. The van der Waals surface area contributed by atoms with E-state index in [9.17, 15) is 14.0 Å². The number of carbonyl (C=O) groups is 2. The van der Waals surface area contributed by atoms with Crippen molar-refractivity contribution in [2.45, 2.75) is 19.9 Å². The van der Waals surface area contributed by atoms with Gasteiger partial charge in [0.1, 0.15) is 5.82 Å². The monoisotopic (exact) mass is 519 g/mol. The average molecular weight is 520 g/mol. The van der Waals surface area contributed by atoms with Crippen LogP contribution in [0, 0.1) is 5.82 Å². The number of aromatic nitrogens is 2. The van der Waals surface area contributed by atoms with Gasteiger partial charge in [0.15, 0.2) is 18.1 Å². The molecule has 1 aromatic carbocycles. The Morgan fingerprint density at radius 3 is 2.47 bits per heavy atom. The van der Waals surface area contributed by atoms with Crippen molar-refractivity contribution in [3.05, 3.63) is 82.7 Å². The van der Waals surface area contributed by atoms with Crippen LogP contribution in [0.2, 0.25) is 0 Å². The number of methoxy groups -OCH3 is 2. The number of benzene rings is 1. The third-order valence-electron chi connectivity index (χ3n) is 5.96. The van der Waals surface area contributed by atoms with Crippen molar-refractivity contribution in [3.8, 4) is 17.2 Å². The number of nitrogens with zero attached hydrogens (tertiary/aromatic N) is 2. The first-order valence-corrected chi connectivity index (χ1v) is 11.7. The lowest BCUT2D eigenvalue weighted by Gasteiger charge is -2.14. The van der Waals surface area contributed by atoms with Crippen LogP contribution in [0.25, 0.3) is 17.2 Å². The van der Waals surface area contributed by atoms with Crippen LogP contribution in [-0.2, 0) is 16.1 Å². The summed E-state index contributed by atoms with van der Waals surface area (Å²) in [6.45, 7) is 1.56. The quantitative estimate of drug-likeness (QED) is 0.410. The summed E-state index contributed by atoms with van der Waals surface area (Å²) >= 11 is 0. The first kappa shape index (κ1) is 26.3. The zero-order chi connectivity index (χ0) is 27.2. The minimum atomic E-state index is -1.14. The Labute approximate surface area is 218 Å². The molecule has 0 spiro atoms.